The van der Waals surface area contributed by atoms with Gasteiger partial charge in [-0.05, 0) is 12.0 Å². The number of nitrogens with one attached hydrogen (secondary N) is 1. The minimum Gasteiger partial charge on any atom is -0.670 e. The summed E-state index contributed by atoms with van der Waals surface area (Å²) in [6.07, 6.45) is -3.92. The zero-order valence-electron chi connectivity index (χ0n) is 13.0. The maximum Gasteiger partial charge on any atom is 0.416 e. The average molecular weight is 334 g/mol. The molecule has 0 aliphatic carbocycles. The van der Waals surface area contributed by atoms with E-state index in [1.54, 1.807) is 6.82 Å². The van der Waals surface area contributed by atoms with Gasteiger partial charge in [0, 0.05) is 0 Å². The van der Waals surface area contributed by atoms with E-state index < -0.39 is 24.3 Å². The molecule has 0 spiro atoms. The highest BCUT2D eigenvalue weighted by Crippen LogP contribution is 2.28. The number of carbonyl (C=O) groups is 1. The number of hydrogen-bond donors (Lipinski definition) is 1. The summed E-state index contributed by atoms with van der Waals surface area (Å²) in [6.45, 7) is -0.182. The molecule has 1 N–H and O–H groups in total. The number of rotatable bonds is 3. The molecule has 0 aromatic heterocycles. The van der Waals surface area contributed by atoms with Crippen LogP contribution in [0.2, 0.25) is 6.82 Å². The number of halogens is 3. The van der Waals surface area contributed by atoms with Gasteiger partial charge in [-0.15, -0.1) is 6.82 Å². The van der Waals surface area contributed by atoms with E-state index in [-0.39, 0.29) is 5.97 Å². The van der Waals surface area contributed by atoms with Crippen molar-refractivity contribution in [3.05, 3.63) is 65.7 Å². The van der Waals surface area contributed by atoms with Crippen molar-refractivity contribution in [2.75, 3.05) is 0 Å². The van der Waals surface area contributed by atoms with Crippen molar-refractivity contribution in [2.45, 2.75) is 25.5 Å². The van der Waals surface area contributed by atoms with Gasteiger partial charge in [0.05, 0.1) is 11.6 Å². The molecule has 3 rings (SSSR count). The van der Waals surface area contributed by atoms with Crippen LogP contribution in [0.15, 0.2) is 54.6 Å². The molecule has 2 aromatic rings. The second-order valence-corrected chi connectivity index (χ2v) is 6.16. The van der Waals surface area contributed by atoms with Crippen molar-refractivity contribution in [1.29, 1.82) is 0 Å². The molecule has 24 heavy (non-hydrogen) atoms. The Hall–Kier alpha value is -2.28. The highest BCUT2D eigenvalue weighted by Gasteiger charge is 2.39. The lowest BCUT2D eigenvalue weighted by atomic mass is 9.49. The van der Waals surface area contributed by atoms with Crippen molar-refractivity contribution < 1.29 is 22.6 Å². The number of hydrogen-bond acceptors (Lipinski definition) is 3. The van der Waals surface area contributed by atoms with E-state index in [1.807, 2.05) is 30.3 Å². The first-order valence-electron chi connectivity index (χ1n) is 7.69. The van der Waals surface area contributed by atoms with Gasteiger partial charge in [-0.25, -0.2) is 0 Å². The van der Waals surface area contributed by atoms with E-state index in [0.717, 1.165) is 17.7 Å². The van der Waals surface area contributed by atoms with Crippen LogP contribution in [0.4, 0.5) is 13.2 Å². The van der Waals surface area contributed by atoms with Crippen molar-refractivity contribution in [3.8, 4) is 0 Å². The first-order chi connectivity index (χ1) is 11.3. The largest absolute Gasteiger partial charge is 0.670 e. The maximum absolute atomic E-state index is 12.7. The minimum atomic E-state index is -4.39. The highest BCUT2D eigenvalue weighted by molar-refractivity contribution is 6.85. The molecule has 0 saturated carbocycles. The fourth-order valence-electron chi connectivity index (χ4n) is 3.00. The van der Waals surface area contributed by atoms with Crippen LogP contribution in [0.1, 0.15) is 11.1 Å². The van der Waals surface area contributed by atoms with E-state index in [1.165, 1.54) is 12.1 Å². The van der Waals surface area contributed by atoms with Gasteiger partial charge in [0.2, 0.25) is 0 Å². The van der Waals surface area contributed by atoms with Gasteiger partial charge in [-0.2, -0.15) is 18.6 Å². The zero-order chi connectivity index (χ0) is 17.4. The third kappa shape index (κ3) is 3.31. The number of alkyl halides is 3. The van der Waals surface area contributed by atoms with E-state index in [9.17, 15) is 18.0 Å². The Bertz CT molecular complexity index is 734. The second-order valence-electron chi connectivity index (χ2n) is 6.16. The minimum absolute atomic E-state index is 0.388. The van der Waals surface area contributed by atoms with E-state index in [0.29, 0.717) is 11.9 Å². The highest BCUT2D eigenvalue weighted by atomic mass is 19.4. The number of carbonyl (C=O) groups excluding carboxylic acids is 1. The molecular formula is C17H16BF3NO2-. The molecule has 2 atom stereocenters. The summed E-state index contributed by atoms with van der Waals surface area (Å²) >= 11 is 0. The van der Waals surface area contributed by atoms with Gasteiger partial charge in [0.1, 0.15) is 0 Å². The van der Waals surface area contributed by atoms with Gasteiger partial charge >= 0.3 is 6.18 Å². The average Bonchev–Trinajstić information content (AvgIpc) is 2.83. The molecule has 1 aliphatic rings. The monoisotopic (exact) mass is 334 g/mol. The first kappa shape index (κ1) is 16.6. The van der Waals surface area contributed by atoms with Crippen molar-refractivity contribution in [1.82, 2.24) is 5.23 Å². The summed E-state index contributed by atoms with van der Waals surface area (Å²) in [7, 11) is 0. The molecule has 1 heterocycles. The fourth-order valence-corrected chi connectivity index (χ4v) is 3.00. The topological polar surface area (TPSA) is 38.3 Å². The van der Waals surface area contributed by atoms with E-state index in [4.69, 9.17) is 4.65 Å². The normalized spacial score (nSPS) is 24.0. The second kappa shape index (κ2) is 5.98. The Balaban J connectivity index is 1.78. The molecular weight excluding hydrogens is 318 g/mol. The zero-order valence-corrected chi connectivity index (χ0v) is 13.0. The summed E-state index contributed by atoms with van der Waals surface area (Å²) < 4.78 is 43.5. The van der Waals surface area contributed by atoms with Crippen LogP contribution >= 0.6 is 0 Å². The summed E-state index contributed by atoms with van der Waals surface area (Å²) in [6, 6.07) is 13.7. The Labute approximate surface area is 137 Å². The van der Waals surface area contributed by atoms with Gasteiger partial charge in [0.25, 0.3) is 12.5 Å². The Kier molecular flexibility index (Phi) is 4.13. The van der Waals surface area contributed by atoms with Crippen LogP contribution in [-0.4, -0.2) is 18.5 Å². The maximum atomic E-state index is 12.7. The lowest BCUT2D eigenvalue weighted by Crippen LogP contribution is -2.57. The van der Waals surface area contributed by atoms with Crippen molar-refractivity contribution in [3.63, 3.8) is 0 Å². The van der Waals surface area contributed by atoms with Crippen LogP contribution in [0, 0.1) is 0 Å². The Morgan fingerprint density at radius 3 is 2.29 bits per heavy atom. The lowest BCUT2D eigenvalue weighted by molar-refractivity contribution is -0.137. The molecule has 0 amide bonds. The SMILES string of the molecule is C[B-]1(c2ccc(C(F)(F)F)cc2)NC(Cc2ccccc2)C(=O)O1. The summed E-state index contributed by atoms with van der Waals surface area (Å²) in [5, 5.41) is 3.15. The summed E-state index contributed by atoms with van der Waals surface area (Å²) in [4.78, 5) is 12.1. The Morgan fingerprint density at radius 2 is 1.71 bits per heavy atom. The number of benzene rings is 2. The molecule has 3 nitrogen and oxygen atoms in total. The van der Waals surface area contributed by atoms with Crippen LogP contribution in [0.25, 0.3) is 0 Å². The van der Waals surface area contributed by atoms with Gasteiger partial charge in [-0.3, -0.25) is 4.79 Å². The van der Waals surface area contributed by atoms with E-state index >= 15 is 0 Å². The quantitative estimate of drug-likeness (QED) is 0.878. The molecule has 126 valence electrons. The third-order valence-corrected chi connectivity index (χ3v) is 4.31. The first-order valence-corrected chi connectivity index (χ1v) is 7.69. The summed E-state index contributed by atoms with van der Waals surface area (Å²) in [5.74, 6) is -0.388. The predicted octanol–water partition coefficient (Wildman–Crippen LogP) is 2.74. The van der Waals surface area contributed by atoms with Crippen molar-refractivity contribution in [2.24, 2.45) is 0 Å². The fraction of sp³-hybridized carbons (Fsp3) is 0.235. The third-order valence-electron chi connectivity index (χ3n) is 4.31. The van der Waals surface area contributed by atoms with Crippen LogP contribution < -0.4 is 10.7 Å². The smallest absolute Gasteiger partial charge is 0.416 e. The predicted molar refractivity (Wildman–Crippen MR) is 85.9 cm³/mol. The Morgan fingerprint density at radius 1 is 1.08 bits per heavy atom. The standard InChI is InChI=1S/C17H16BF3NO2/c1-18(14-9-7-13(8-10-14)17(19,20)21)22-15(16(23)24-18)11-12-5-3-2-4-6-12/h2-10,15,22H,11H2,1H3/q-1. The molecule has 1 saturated heterocycles. The van der Waals surface area contributed by atoms with Gasteiger partial charge in [0.15, 0.2) is 0 Å². The molecule has 0 radical (unpaired) electrons. The van der Waals surface area contributed by atoms with Gasteiger partial charge < -0.3 is 9.88 Å². The summed E-state index contributed by atoms with van der Waals surface area (Å²) in [5.41, 5.74) is 0.794. The van der Waals surface area contributed by atoms with Crippen LogP contribution in [-0.2, 0) is 22.0 Å². The molecule has 7 heteroatoms. The molecule has 2 unspecified atom stereocenters. The van der Waals surface area contributed by atoms with E-state index in [2.05, 4.69) is 5.23 Å². The van der Waals surface area contributed by atoms with Crippen LogP contribution in [0.3, 0.4) is 0 Å². The molecule has 1 aliphatic heterocycles. The van der Waals surface area contributed by atoms with Crippen molar-refractivity contribution >= 4 is 17.9 Å². The lowest BCUT2D eigenvalue weighted by Gasteiger charge is -2.31. The van der Waals surface area contributed by atoms with Crippen LogP contribution in [0.5, 0.6) is 0 Å². The molecule has 1 fully saturated rings. The van der Waals surface area contributed by atoms with Gasteiger partial charge in [-0.1, -0.05) is 54.6 Å². The molecule has 0 bridgehead atoms. The molecule has 2 aromatic carbocycles.